The quantitative estimate of drug-likeness (QED) is 0.583. The first-order chi connectivity index (χ1) is 15.4. The van der Waals surface area contributed by atoms with Gasteiger partial charge in [-0.1, -0.05) is 35.4 Å². The van der Waals surface area contributed by atoms with Crippen molar-refractivity contribution in [2.45, 2.75) is 42.3 Å². The first kappa shape index (κ1) is 24.3. The van der Waals surface area contributed by atoms with E-state index in [1.54, 1.807) is 47.6 Å². The van der Waals surface area contributed by atoms with Crippen LogP contribution in [0.5, 0.6) is 0 Å². The van der Waals surface area contributed by atoms with E-state index < -0.39 is 44.4 Å². The number of amides is 2. The van der Waals surface area contributed by atoms with Gasteiger partial charge >= 0.3 is 12.2 Å². The first-order valence-electron chi connectivity index (χ1n) is 9.73. The van der Waals surface area contributed by atoms with E-state index in [2.05, 4.69) is 0 Å². The van der Waals surface area contributed by atoms with Gasteiger partial charge in [0.15, 0.2) is 0 Å². The second-order valence-electron chi connectivity index (χ2n) is 7.35. The van der Waals surface area contributed by atoms with Crippen molar-refractivity contribution in [3.05, 3.63) is 71.8 Å². The second-order valence-corrected chi connectivity index (χ2v) is 10.7. The molecule has 0 radical (unpaired) electrons. The molecule has 0 saturated heterocycles. The van der Waals surface area contributed by atoms with E-state index in [0.717, 1.165) is 11.1 Å². The molecule has 0 spiro atoms. The molecule has 12 heteroatoms. The molecule has 33 heavy (non-hydrogen) atoms. The van der Waals surface area contributed by atoms with Gasteiger partial charge in [0.2, 0.25) is 0 Å². The Bertz CT molecular complexity index is 1170. The van der Waals surface area contributed by atoms with Gasteiger partial charge in [-0.3, -0.25) is 0 Å². The van der Waals surface area contributed by atoms with Gasteiger partial charge in [-0.2, -0.15) is 0 Å². The lowest BCUT2D eigenvalue weighted by molar-refractivity contribution is 0.0883. The number of benzene rings is 2. The molecule has 2 aromatic carbocycles. The van der Waals surface area contributed by atoms with Gasteiger partial charge in [-0.05, 0) is 50.3 Å². The maximum atomic E-state index is 12.2. The number of rotatable bonds is 6. The van der Waals surface area contributed by atoms with Crippen LogP contribution in [0.1, 0.15) is 17.5 Å². The Morgan fingerprint density at radius 2 is 1.03 bits per heavy atom. The molecule has 1 aliphatic carbocycles. The Kier molecular flexibility index (Phi) is 7.08. The summed E-state index contributed by atoms with van der Waals surface area (Å²) in [4.78, 5) is 23.8. The number of ether oxygens (including phenoxy) is 2. The largest absolute Gasteiger partial charge is 0.441 e. The summed E-state index contributed by atoms with van der Waals surface area (Å²) in [6.45, 7) is 3.59. The van der Waals surface area contributed by atoms with Crippen LogP contribution in [0.3, 0.4) is 0 Å². The van der Waals surface area contributed by atoms with E-state index in [1.165, 1.54) is 36.4 Å². The van der Waals surface area contributed by atoms with Gasteiger partial charge in [-0.25, -0.2) is 35.9 Å². The highest BCUT2D eigenvalue weighted by molar-refractivity contribution is 7.90. The standard InChI is InChI=1S/C21H22N2O8S2/c1-14-3-9-18(10-4-14)32(26,27)22-20(24)30-16-7-8-17(13-16)31-21(25)23-33(28,29)19-11-5-15(2)6-12-19/h3-12,16-17H,13H2,1-2H3,(H,22,24)(H,23,25)/t16-,17+. The Balaban J connectivity index is 1.49. The summed E-state index contributed by atoms with van der Waals surface area (Å²) < 4.78 is 62.7. The summed E-state index contributed by atoms with van der Waals surface area (Å²) in [6.07, 6.45) is -1.32. The van der Waals surface area contributed by atoms with Gasteiger partial charge in [0.25, 0.3) is 20.0 Å². The first-order valence-corrected chi connectivity index (χ1v) is 12.7. The number of hydrogen-bond donors (Lipinski definition) is 2. The van der Waals surface area contributed by atoms with Gasteiger partial charge in [0.05, 0.1) is 9.79 Å². The van der Waals surface area contributed by atoms with Crippen molar-refractivity contribution in [2.24, 2.45) is 0 Å². The van der Waals surface area contributed by atoms with Crippen LogP contribution in [-0.2, 0) is 29.5 Å². The molecule has 0 unspecified atom stereocenters. The van der Waals surface area contributed by atoms with E-state index >= 15 is 0 Å². The maximum Gasteiger partial charge on any atom is 0.421 e. The zero-order valence-corrected chi connectivity index (χ0v) is 19.4. The summed E-state index contributed by atoms with van der Waals surface area (Å²) in [5.41, 5.74) is 1.71. The second kappa shape index (κ2) is 9.63. The average molecular weight is 495 g/mol. The minimum absolute atomic E-state index is 0.00397. The van der Waals surface area contributed by atoms with Crippen LogP contribution in [0.2, 0.25) is 0 Å². The Labute approximate surface area is 191 Å². The number of hydrogen-bond acceptors (Lipinski definition) is 8. The number of sulfonamides is 2. The molecule has 2 amide bonds. The average Bonchev–Trinajstić information content (AvgIpc) is 3.14. The molecule has 3 rings (SSSR count). The molecule has 0 aromatic heterocycles. The van der Waals surface area contributed by atoms with E-state index in [0.29, 0.717) is 0 Å². The van der Waals surface area contributed by atoms with Crippen molar-refractivity contribution in [1.82, 2.24) is 9.44 Å². The minimum Gasteiger partial charge on any atom is -0.441 e. The van der Waals surface area contributed by atoms with Crippen LogP contribution in [0, 0.1) is 13.8 Å². The zero-order valence-electron chi connectivity index (χ0n) is 17.7. The Hall–Kier alpha value is -3.38. The van der Waals surface area contributed by atoms with Crippen LogP contribution in [-0.4, -0.2) is 41.2 Å². The summed E-state index contributed by atoms with van der Waals surface area (Å²) in [7, 11) is -8.22. The summed E-state index contributed by atoms with van der Waals surface area (Å²) in [5, 5.41) is 0. The number of carbonyl (C=O) groups is 2. The molecule has 2 N–H and O–H groups in total. The predicted octanol–water partition coefficient (Wildman–Crippen LogP) is 2.53. The molecule has 10 nitrogen and oxygen atoms in total. The molecule has 0 fully saturated rings. The fourth-order valence-corrected chi connectivity index (χ4v) is 4.66. The van der Waals surface area contributed by atoms with Crippen molar-refractivity contribution >= 4 is 32.2 Å². The topological polar surface area (TPSA) is 145 Å². The molecule has 176 valence electrons. The third-order valence-corrected chi connectivity index (χ3v) is 7.28. The van der Waals surface area contributed by atoms with E-state index in [9.17, 15) is 26.4 Å². The molecule has 2 atom stereocenters. The Morgan fingerprint density at radius 1 is 0.697 bits per heavy atom. The molecule has 0 aliphatic heterocycles. The SMILES string of the molecule is Cc1ccc(S(=O)(=O)NC(=O)O[C@@H]2C=C[C@H](OC(=O)NS(=O)(=O)c3ccc(C)cc3)C2)cc1. The van der Waals surface area contributed by atoms with Crippen LogP contribution >= 0.6 is 0 Å². The molecular weight excluding hydrogens is 472 g/mol. The fourth-order valence-electron chi connectivity index (χ4n) is 2.90. The minimum atomic E-state index is -4.11. The highest BCUT2D eigenvalue weighted by Gasteiger charge is 2.28. The molecule has 0 bridgehead atoms. The molecule has 2 aromatic rings. The lowest BCUT2D eigenvalue weighted by Crippen LogP contribution is -2.35. The van der Waals surface area contributed by atoms with Crippen LogP contribution in [0.15, 0.2) is 70.5 Å². The zero-order chi connectivity index (χ0) is 24.2. The van der Waals surface area contributed by atoms with Crippen molar-refractivity contribution in [2.75, 3.05) is 0 Å². The fraction of sp³-hybridized carbons (Fsp3) is 0.238. The van der Waals surface area contributed by atoms with Crippen molar-refractivity contribution in [1.29, 1.82) is 0 Å². The van der Waals surface area contributed by atoms with Crippen molar-refractivity contribution < 1.29 is 35.9 Å². The van der Waals surface area contributed by atoms with Gasteiger partial charge in [0.1, 0.15) is 12.2 Å². The third-order valence-electron chi connectivity index (χ3n) is 4.62. The maximum absolute atomic E-state index is 12.2. The lowest BCUT2D eigenvalue weighted by Gasteiger charge is -2.15. The lowest BCUT2D eigenvalue weighted by atomic mass is 10.2. The highest BCUT2D eigenvalue weighted by atomic mass is 32.2. The van der Waals surface area contributed by atoms with Crippen LogP contribution in [0.4, 0.5) is 9.59 Å². The number of aryl methyl sites for hydroxylation is 2. The van der Waals surface area contributed by atoms with Gasteiger partial charge in [-0.15, -0.1) is 0 Å². The molecular formula is C21H22N2O8S2. The highest BCUT2D eigenvalue weighted by Crippen LogP contribution is 2.19. The van der Waals surface area contributed by atoms with Crippen LogP contribution < -0.4 is 9.44 Å². The normalized spacial score (nSPS) is 17.9. The molecule has 0 saturated carbocycles. The number of carbonyl (C=O) groups excluding carboxylic acids is 2. The van der Waals surface area contributed by atoms with Crippen molar-refractivity contribution in [3.8, 4) is 0 Å². The van der Waals surface area contributed by atoms with E-state index in [4.69, 9.17) is 9.47 Å². The van der Waals surface area contributed by atoms with Crippen LogP contribution in [0.25, 0.3) is 0 Å². The summed E-state index contributed by atoms with van der Waals surface area (Å²) >= 11 is 0. The third kappa shape index (κ3) is 6.56. The smallest absolute Gasteiger partial charge is 0.421 e. The monoisotopic (exact) mass is 494 g/mol. The number of nitrogens with one attached hydrogen (secondary N) is 2. The predicted molar refractivity (Wildman–Crippen MR) is 117 cm³/mol. The van der Waals surface area contributed by atoms with Crippen molar-refractivity contribution in [3.63, 3.8) is 0 Å². The van der Waals surface area contributed by atoms with Gasteiger partial charge in [0, 0.05) is 6.42 Å². The Morgan fingerprint density at radius 3 is 1.36 bits per heavy atom. The summed E-state index contributed by atoms with van der Waals surface area (Å²) in [5.74, 6) is 0. The molecule has 1 aliphatic rings. The van der Waals surface area contributed by atoms with E-state index in [-0.39, 0.29) is 16.2 Å². The summed E-state index contributed by atoms with van der Waals surface area (Å²) in [6, 6.07) is 11.8. The van der Waals surface area contributed by atoms with E-state index in [1.807, 2.05) is 0 Å². The molecule has 0 heterocycles. The van der Waals surface area contributed by atoms with Gasteiger partial charge < -0.3 is 9.47 Å².